The number of ether oxygens (including phenoxy) is 2. The largest absolute Gasteiger partial charge is 0.486 e. The molecule has 3 rings (SSSR count). The van der Waals surface area contributed by atoms with E-state index in [1.807, 2.05) is 25.1 Å². The molecule has 1 amide bonds. The predicted octanol–water partition coefficient (Wildman–Crippen LogP) is 3.47. The Bertz CT molecular complexity index is 734. The van der Waals surface area contributed by atoms with Crippen molar-refractivity contribution in [1.82, 2.24) is 0 Å². The van der Waals surface area contributed by atoms with Crippen LogP contribution in [0.2, 0.25) is 5.02 Å². The van der Waals surface area contributed by atoms with E-state index in [0.717, 1.165) is 11.3 Å². The van der Waals surface area contributed by atoms with E-state index in [2.05, 4.69) is 10.6 Å². The van der Waals surface area contributed by atoms with Gasteiger partial charge in [0.15, 0.2) is 11.5 Å². The number of hydrogen-bond acceptors (Lipinski definition) is 4. The highest BCUT2D eigenvalue weighted by atomic mass is 35.5. The number of fused-ring (bicyclic) bond motifs is 1. The molecule has 1 aliphatic rings. The van der Waals surface area contributed by atoms with E-state index in [1.54, 1.807) is 18.2 Å². The van der Waals surface area contributed by atoms with E-state index in [1.165, 1.54) is 0 Å². The molecule has 0 atom stereocenters. The summed E-state index contributed by atoms with van der Waals surface area (Å²) in [7, 11) is 0. The minimum absolute atomic E-state index is 0.148. The lowest BCUT2D eigenvalue weighted by Gasteiger charge is -2.19. The third-order valence-corrected chi connectivity index (χ3v) is 3.94. The molecule has 23 heavy (non-hydrogen) atoms. The van der Waals surface area contributed by atoms with Crippen LogP contribution in [0.5, 0.6) is 11.5 Å². The van der Waals surface area contributed by atoms with Crippen molar-refractivity contribution in [3.63, 3.8) is 0 Å². The summed E-state index contributed by atoms with van der Waals surface area (Å²) in [6, 6.07) is 10.9. The minimum Gasteiger partial charge on any atom is -0.486 e. The van der Waals surface area contributed by atoms with Crippen LogP contribution in [0.25, 0.3) is 0 Å². The van der Waals surface area contributed by atoms with Crippen LogP contribution in [0.3, 0.4) is 0 Å². The number of halogens is 1. The first-order chi connectivity index (χ1) is 11.1. The van der Waals surface area contributed by atoms with Crippen LogP contribution in [0.4, 0.5) is 11.4 Å². The average Bonchev–Trinajstić information content (AvgIpc) is 2.56. The van der Waals surface area contributed by atoms with Crippen molar-refractivity contribution in [2.75, 3.05) is 30.4 Å². The van der Waals surface area contributed by atoms with E-state index in [-0.39, 0.29) is 12.5 Å². The van der Waals surface area contributed by atoms with Crippen molar-refractivity contribution in [3.05, 3.63) is 47.0 Å². The van der Waals surface area contributed by atoms with E-state index < -0.39 is 0 Å². The zero-order chi connectivity index (χ0) is 16.2. The van der Waals surface area contributed by atoms with Crippen LogP contribution in [0.1, 0.15) is 5.56 Å². The summed E-state index contributed by atoms with van der Waals surface area (Å²) < 4.78 is 10.9. The Balaban J connectivity index is 1.60. The van der Waals surface area contributed by atoms with Crippen molar-refractivity contribution >= 4 is 28.9 Å². The summed E-state index contributed by atoms with van der Waals surface area (Å²) in [5, 5.41) is 6.58. The maximum absolute atomic E-state index is 12.1. The summed E-state index contributed by atoms with van der Waals surface area (Å²) in [5.41, 5.74) is 2.43. The van der Waals surface area contributed by atoms with Crippen molar-refractivity contribution in [3.8, 4) is 11.5 Å². The van der Waals surface area contributed by atoms with E-state index in [0.29, 0.717) is 35.4 Å². The van der Waals surface area contributed by atoms with Crippen LogP contribution in [-0.2, 0) is 4.79 Å². The monoisotopic (exact) mass is 332 g/mol. The topological polar surface area (TPSA) is 59.6 Å². The quantitative estimate of drug-likeness (QED) is 0.900. The standard InChI is InChI=1S/C17H17ClN2O3/c1-11-13(18)3-2-4-14(11)19-10-17(21)20-12-5-6-15-16(9-12)23-8-7-22-15/h2-6,9,19H,7-8,10H2,1H3,(H,20,21). The fourth-order valence-corrected chi connectivity index (χ4v) is 2.48. The summed E-state index contributed by atoms with van der Waals surface area (Å²) in [6.45, 7) is 3.11. The minimum atomic E-state index is -0.152. The van der Waals surface area contributed by atoms with Crippen molar-refractivity contribution < 1.29 is 14.3 Å². The molecule has 0 aliphatic carbocycles. The maximum Gasteiger partial charge on any atom is 0.243 e. The zero-order valence-corrected chi connectivity index (χ0v) is 13.4. The molecule has 0 spiro atoms. The van der Waals surface area contributed by atoms with Crippen LogP contribution in [-0.4, -0.2) is 25.7 Å². The molecule has 2 N–H and O–H groups in total. The van der Waals surface area contributed by atoms with Gasteiger partial charge in [-0.1, -0.05) is 17.7 Å². The molecule has 5 nitrogen and oxygen atoms in total. The molecule has 2 aromatic carbocycles. The normalized spacial score (nSPS) is 12.6. The van der Waals surface area contributed by atoms with Crippen molar-refractivity contribution in [1.29, 1.82) is 0 Å². The fourth-order valence-electron chi connectivity index (χ4n) is 2.30. The second-order valence-electron chi connectivity index (χ2n) is 5.17. The lowest BCUT2D eigenvalue weighted by Crippen LogP contribution is -2.22. The second kappa shape index (κ2) is 6.79. The lowest BCUT2D eigenvalue weighted by molar-refractivity contribution is -0.114. The Morgan fingerprint density at radius 3 is 2.78 bits per heavy atom. The Morgan fingerprint density at radius 1 is 1.17 bits per heavy atom. The highest BCUT2D eigenvalue weighted by Crippen LogP contribution is 2.32. The molecule has 0 saturated heterocycles. The molecule has 1 heterocycles. The molecule has 2 aromatic rings. The molecule has 0 aromatic heterocycles. The summed E-state index contributed by atoms with van der Waals surface area (Å²) in [6.07, 6.45) is 0. The zero-order valence-electron chi connectivity index (χ0n) is 12.7. The summed E-state index contributed by atoms with van der Waals surface area (Å²) >= 11 is 6.06. The predicted molar refractivity (Wildman–Crippen MR) is 90.7 cm³/mol. The van der Waals surface area contributed by atoms with E-state index in [9.17, 15) is 4.79 Å². The Morgan fingerprint density at radius 2 is 1.96 bits per heavy atom. The van der Waals surface area contributed by atoms with Gasteiger partial charge in [0.2, 0.25) is 5.91 Å². The van der Waals surface area contributed by atoms with Gasteiger partial charge in [0, 0.05) is 22.5 Å². The van der Waals surface area contributed by atoms with E-state index >= 15 is 0 Å². The highest BCUT2D eigenvalue weighted by molar-refractivity contribution is 6.31. The fraction of sp³-hybridized carbons (Fsp3) is 0.235. The Labute approximate surface area is 139 Å². The van der Waals surface area contributed by atoms with Gasteiger partial charge in [0.05, 0.1) is 6.54 Å². The van der Waals surface area contributed by atoms with Gasteiger partial charge in [-0.15, -0.1) is 0 Å². The van der Waals surface area contributed by atoms with Crippen molar-refractivity contribution in [2.24, 2.45) is 0 Å². The number of carbonyl (C=O) groups excluding carboxylic acids is 1. The number of nitrogens with one attached hydrogen (secondary N) is 2. The molecule has 0 radical (unpaired) electrons. The Hall–Kier alpha value is -2.40. The van der Waals surface area contributed by atoms with Gasteiger partial charge in [-0.2, -0.15) is 0 Å². The van der Waals surface area contributed by atoms with Gasteiger partial charge >= 0.3 is 0 Å². The van der Waals surface area contributed by atoms with Gasteiger partial charge in [-0.25, -0.2) is 0 Å². The third kappa shape index (κ3) is 3.68. The number of rotatable bonds is 4. The van der Waals surface area contributed by atoms with Crippen LogP contribution >= 0.6 is 11.6 Å². The average molecular weight is 333 g/mol. The van der Waals surface area contributed by atoms with Gasteiger partial charge in [-0.3, -0.25) is 4.79 Å². The molecule has 1 aliphatic heterocycles. The third-order valence-electron chi connectivity index (χ3n) is 3.53. The highest BCUT2D eigenvalue weighted by Gasteiger charge is 2.13. The summed E-state index contributed by atoms with van der Waals surface area (Å²) in [5.74, 6) is 1.19. The van der Waals surface area contributed by atoms with Crippen LogP contribution in [0, 0.1) is 6.92 Å². The van der Waals surface area contributed by atoms with Crippen molar-refractivity contribution in [2.45, 2.75) is 6.92 Å². The molecule has 0 unspecified atom stereocenters. The molecule has 120 valence electrons. The summed E-state index contributed by atoms with van der Waals surface area (Å²) in [4.78, 5) is 12.1. The number of amides is 1. The van der Waals surface area contributed by atoms with Gasteiger partial charge in [0.1, 0.15) is 13.2 Å². The first kappa shape index (κ1) is 15.5. The van der Waals surface area contributed by atoms with Gasteiger partial charge in [0.25, 0.3) is 0 Å². The smallest absolute Gasteiger partial charge is 0.243 e. The van der Waals surface area contributed by atoms with Crippen LogP contribution < -0.4 is 20.1 Å². The SMILES string of the molecule is Cc1c(Cl)cccc1NCC(=O)Nc1ccc2c(c1)OCCO2. The van der Waals surface area contributed by atoms with Gasteiger partial charge in [-0.05, 0) is 36.8 Å². The first-order valence-corrected chi connectivity index (χ1v) is 7.70. The molecule has 0 fully saturated rings. The maximum atomic E-state index is 12.1. The number of benzene rings is 2. The number of anilines is 2. The van der Waals surface area contributed by atoms with Gasteiger partial charge < -0.3 is 20.1 Å². The van der Waals surface area contributed by atoms with E-state index in [4.69, 9.17) is 21.1 Å². The number of carbonyl (C=O) groups is 1. The second-order valence-corrected chi connectivity index (χ2v) is 5.58. The first-order valence-electron chi connectivity index (χ1n) is 7.32. The Kier molecular flexibility index (Phi) is 4.57. The molecule has 6 heteroatoms. The number of hydrogen-bond donors (Lipinski definition) is 2. The molecule has 0 bridgehead atoms. The lowest BCUT2D eigenvalue weighted by atomic mass is 10.2. The van der Waals surface area contributed by atoms with Crippen LogP contribution in [0.15, 0.2) is 36.4 Å². The molecular weight excluding hydrogens is 316 g/mol. The molecular formula is C17H17ClN2O3. The molecule has 0 saturated carbocycles.